The van der Waals surface area contributed by atoms with Crippen molar-refractivity contribution in [2.45, 2.75) is 25.3 Å². The normalized spacial score (nSPS) is 11.2. The zero-order valence-electron chi connectivity index (χ0n) is 10.2. The Balaban J connectivity index is 2.98. The summed E-state index contributed by atoms with van der Waals surface area (Å²) in [5.74, 6) is -0.0329. The van der Waals surface area contributed by atoms with Gasteiger partial charge in [-0.25, -0.2) is 8.42 Å². The largest absolute Gasteiger partial charge is 0.340 e. The van der Waals surface area contributed by atoms with Crippen LogP contribution in [0.15, 0.2) is 23.2 Å². The lowest BCUT2D eigenvalue weighted by Crippen LogP contribution is -2.23. The Hall–Kier alpha value is -1.43. The molecule has 5 nitrogen and oxygen atoms in total. The van der Waals surface area contributed by atoms with Crippen LogP contribution in [-0.4, -0.2) is 37.0 Å². The molecule has 0 aromatic carbocycles. The number of amides is 1. The lowest BCUT2D eigenvalue weighted by molar-refractivity contribution is -0.128. The second-order valence-corrected chi connectivity index (χ2v) is 6.04. The Kier molecular flexibility index (Phi) is 4.22. The van der Waals surface area contributed by atoms with Crippen LogP contribution in [0.4, 0.5) is 0 Å². The maximum atomic E-state index is 11.7. The summed E-state index contributed by atoms with van der Waals surface area (Å²) in [6.45, 7) is 3.35. The second kappa shape index (κ2) is 5.27. The van der Waals surface area contributed by atoms with Crippen molar-refractivity contribution in [3.63, 3.8) is 0 Å². The summed E-state index contributed by atoms with van der Waals surface area (Å²) in [6, 6.07) is 2.98. The average Bonchev–Trinajstić information content (AvgIpc) is 2.29. The lowest BCUT2D eigenvalue weighted by atomic mass is 10.3. The number of carbonyl (C=O) groups excluding carboxylic acids is 1. The highest BCUT2D eigenvalue weighted by Crippen LogP contribution is 2.12. The zero-order chi connectivity index (χ0) is 13.1. The molecule has 94 valence electrons. The Morgan fingerprint density at radius 2 is 2.12 bits per heavy atom. The SMILES string of the molecule is CCS(=O)(=O)c1ccnc(CN(C)C(C)=O)c1. The molecule has 0 saturated heterocycles. The van der Waals surface area contributed by atoms with Gasteiger partial charge in [0.05, 0.1) is 22.9 Å². The number of sulfone groups is 1. The fraction of sp³-hybridized carbons (Fsp3) is 0.455. The molecule has 0 atom stereocenters. The molecule has 1 amide bonds. The first-order valence-electron chi connectivity index (χ1n) is 5.26. The first-order chi connectivity index (χ1) is 7.86. The predicted octanol–water partition coefficient (Wildman–Crippen LogP) is 0.853. The quantitative estimate of drug-likeness (QED) is 0.801. The van der Waals surface area contributed by atoms with Crippen molar-refractivity contribution in [2.24, 2.45) is 0 Å². The average molecular weight is 256 g/mol. The van der Waals surface area contributed by atoms with Crippen molar-refractivity contribution in [1.29, 1.82) is 0 Å². The van der Waals surface area contributed by atoms with E-state index in [4.69, 9.17) is 0 Å². The van der Waals surface area contributed by atoms with E-state index >= 15 is 0 Å². The van der Waals surface area contributed by atoms with Gasteiger partial charge in [-0.2, -0.15) is 0 Å². The Labute approximate surface area is 101 Å². The molecule has 1 rings (SSSR count). The van der Waals surface area contributed by atoms with Gasteiger partial charge in [-0.1, -0.05) is 6.92 Å². The van der Waals surface area contributed by atoms with Crippen LogP contribution in [0.5, 0.6) is 0 Å². The fourth-order valence-electron chi connectivity index (χ4n) is 1.26. The summed E-state index contributed by atoms with van der Waals surface area (Å²) in [5.41, 5.74) is 0.567. The zero-order valence-corrected chi connectivity index (χ0v) is 11.0. The van der Waals surface area contributed by atoms with Gasteiger partial charge in [0.15, 0.2) is 9.84 Å². The minimum atomic E-state index is -3.22. The van der Waals surface area contributed by atoms with Crippen molar-refractivity contribution >= 4 is 15.7 Å². The maximum absolute atomic E-state index is 11.7. The third-order valence-electron chi connectivity index (χ3n) is 2.46. The van der Waals surface area contributed by atoms with Gasteiger partial charge in [0, 0.05) is 20.2 Å². The third kappa shape index (κ3) is 3.52. The van der Waals surface area contributed by atoms with Crippen LogP contribution < -0.4 is 0 Å². The summed E-state index contributed by atoms with van der Waals surface area (Å²) >= 11 is 0. The van der Waals surface area contributed by atoms with Crippen LogP contribution in [0.2, 0.25) is 0 Å². The topological polar surface area (TPSA) is 67.3 Å². The van der Waals surface area contributed by atoms with Crippen LogP contribution in [0.3, 0.4) is 0 Å². The van der Waals surface area contributed by atoms with Crippen LogP contribution in [0, 0.1) is 0 Å². The maximum Gasteiger partial charge on any atom is 0.219 e. The number of hydrogen-bond acceptors (Lipinski definition) is 4. The number of aromatic nitrogens is 1. The number of carbonyl (C=O) groups is 1. The highest BCUT2D eigenvalue weighted by molar-refractivity contribution is 7.91. The van der Waals surface area contributed by atoms with Crippen molar-refractivity contribution in [2.75, 3.05) is 12.8 Å². The number of pyridine rings is 1. The minimum Gasteiger partial charge on any atom is -0.340 e. The highest BCUT2D eigenvalue weighted by Gasteiger charge is 2.13. The van der Waals surface area contributed by atoms with Gasteiger partial charge in [0.25, 0.3) is 0 Å². The predicted molar refractivity (Wildman–Crippen MR) is 64.1 cm³/mol. The molecule has 1 aromatic rings. The molecule has 1 aromatic heterocycles. The van der Waals surface area contributed by atoms with E-state index in [2.05, 4.69) is 4.98 Å². The number of nitrogens with zero attached hydrogens (tertiary/aromatic N) is 2. The molecule has 0 saturated carbocycles. The first-order valence-corrected chi connectivity index (χ1v) is 6.91. The molecule has 1 heterocycles. The molecule has 6 heteroatoms. The summed E-state index contributed by atoms with van der Waals surface area (Å²) in [4.78, 5) is 16.8. The van der Waals surface area contributed by atoms with E-state index in [0.717, 1.165) is 0 Å². The van der Waals surface area contributed by atoms with E-state index in [9.17, 15) is 13.2 Å². The van der Waals surface area contributed by atoms with Crippen LogP contribution >= 0.6 is 0 Å². The van der Waals surface area contributed by atoms with Crippen molar-refractivity contribution in [1.82, 2.24) is 9.88 Å². The molecule has 0 spiro atoms. The number of hydrogen-bond donors (Lipinski definition) is 0. The molecule has 0 fully saturated rings. The van der Waals surface area contributed by atoms with E-state index < -0.39 is 9.84 Å². The fourth-order valence-corrected chi connectivity index (χ4v) is 2.17. The van der Waals surface area contributed by atoms with Gasteiger partial charge in [-0.15, -0.1) is 0 Å². The van der Waals surface area contributed by atoms with Gasteiger partial charge in [0.2, 0.25) is 5.91 Å². The van der Waals surface area contributed by atoms with Crippen molar-refractivity contribution in [3.05, 3.63) is 24.0 Å². The Morgan fingerprint density at radius 3 is 2.65 bits per heavy atom. The van der Waals surface area contributed by atoms with E-state index in [1.54, 1.807) is 14.0 Å². The monoisotopic (exact) mass is 256 g/mol. The standard InChI is InChI=1S/C11H16N2O3S/c1-4-17(15,16)11-5-6-12-10(7-11)8-13(3)9(2)14/h5-7H,4,8H2,1-3H3. The van der Waals surface area contributed by atoms with E-state index in [1.807, 2.05) is 0 Å². The molecule has 0 radical (unpaired) electrons. The van der Waals surface area contributed by atoms with Gasteiger partial charge in [0.1, 0.15) is 0 Å². The second-order valence-electron chi connectivity index (χ2n) is 3.76. The Bertz CT molecular complexity index is 511. The van der Waals surface area contributed by atoms with Crippen LogP contribution in [-0.2, 0) is 21.2 Å². The molecular formula is C11H16N2O3S. The smallest absolute Gasteiger partial charge is 0.219 e. The lowest BCUT2D eigenvalue weighted by Gasteiger charge is -2.14. The van der Waals surface area contributed by atoms with E-state index in [-0.39, 0.29) is 16.6 Å². The molecular weight excluding hydrogens is 240 g/mol. The van der Waals surface area contributed by atoms with E-state index in [1.165, 1.54) is 30.2 Å². The van der Waals surface area contributed by atoms with Gasteiger partial charge in [-0.3, -0.25) is 9.78 Å². The molecule has 0 aliphatic carbocycles. The van der Waals surface area contributed by atoms with E-state index in [0.29, 0.717) is 12.2 Å². The molecule has 0 bridgehead atoms. The van der Waals surface area contributed by atoms with Crippen LogP contribution in [0.1, 0.15) is 19.5 Å². The molecule has 17 heavy (non-hydrogen) atoms. The van der Waals surface area contributed by atoms with Crippen molar-refractivity contribution < 1.29 is 13.2 Å². The molecule has 0 aliphatic rings. The molecule has 0 N–H and O–H groups in total. The molecule has 0 aliphatic heterocycles. The van der Waals surface area contributed by atoms with Crippen LogP contribution in [0.25, 0.3) is 0 Å². The summed E-state index contributed by atoms with van der Waals surface area (Å²) < 4.78 is 23.3. The van der Waals surface area contributed by atoms with Crippen molar-refractivity contribution in [3.8, 4) is 0 Å². The summed E-state index contributed by atoms with van der Waals surface area (Å²) in [6.07, 6.45) is 1.45. The minimum absolute atomic E-state index is 0.0546. The summed E-state index contributed by atoms with van der Waals surface area (Å²) in [7, 11) is -1.58. The Morgan fingerprint density at radius 1 is 1.47 bits per heavy atom. The van der Waals surface area contributed by atoms with Gasteiger partial charge < -0.3 is 4.90 Å². The summed E-state index contributed by atoms with van der Waals surface area (Å²) in [5, 5.41) is 0. The number of rotatable bonds is 4. The highest BCUT2D eigenvalue weighted by atomic mass is 32.2. The molecule has 0 unspecified atom stereocenters. The first kappa shape index (κ1) is 13.6. The van der Waals surface area contributed by atoms with Gasteiger partial charge in [-0.05, 0) is 12.1 Å². The van der Waals surface area contributed by atoms with Gasteiger partial charge >= 0.3 is 0 Å². The third-order valence-corrected chi connectivity index (χ3v) is 4.20.